The number of ether oxygens (including phenoxy) is 2. The molecule has 35 heavy (non-hydrogen) atoms. The number of hydrogen-bond donors (Lipinski definition) is 0. The van der Waals surface area contributed by atoms with Gasteiger partial charge >= 0.3 is 20.8 Å². The highest BCUT2D eigenvalue weighted by atomic mass is 79.9. The largest absolute Gasteiger partial charge is 0.449 e. The van der Waals surface area contributed by atoms with Crippen molar-refractivity contribution < 1.29 is 43.0 Å². The quantitative estimate of drug-likeness (QED) is 0.367. The molecule has 2 aromatic carbocycles. The number of hydrogen-bond acceptors (Lipinski definition) is 10. The summed E-state index contributed by atoms with van der Waals surface area (Å²) in [4.78, 5) is 0. The third-order valence-corrected chi connectivity index (χ3v) is 8.11. The Balaban J connectivity index is 1.63. The first kappa shape index (κ1) is 28.3. The van der Waals surface area contributed by atoms with Crippen LogP contribution in [0.25, 0.3) is 0 Å². The lowest BCUT2D eigenvalue weighted by atomic mass is 9.84. The number of benzene rings is 2. The van der Waals surface area contributed by atoms with Crippen molar-refractivity contribution in [2.24, 2.45) is 11.8 Å². The van der Waals surface area contributed by atoms with Gasteiger partial charge in [-0.1, -0.05) is 45.7 Å². The van der Waals surface area contributed by atoms with Crippen LogP contribution in [0, 0.1) is 11.8 Å². The first-order chi connectivity index (χ1) is 16.4. The van der Waals surface area contributed by atoms with Crippen LogP contribution in [0.15, 0.2) is 57.5 Å². The summed E-state index contributed by atoms with van der Waals surface area (Å²) in [5, 5.41) is 0. The Morgan fingerprint density at radius 1 is 0.800 bits per heavy atom. The van der Waals surface area contributed by atoms with E-state index in [0.29, 0.717) is 0 Å². The first-order valence-electron chi connectivity index (χ1n) is 10.3. The van der Waals surface area contributed by atoms with E-state index in [-0.39, 0.29) is 24.0 Å². The Kier molecular flexibility index (Phi) is 9.59. The van der Waals surface area contributed by atoms with Gasteiger partial charge in [-0.05, 0) is 60.4 Å². The van der Waals surface area contributed by atoms with Gasteiger partial charge in [0.2, 0.25) is 0 Å². The van der Waals surface area contributed by atoms with Crippen molar-refractivity contribution in [1.82, 2.24) is 0 Å². The molecule has 14 heteroatoms. The predicted octanol–water partition coefficient (Wildman–Crippen LogP) is 4.20. The van der Waals surface area contributed by atoms with Crippen LogP contribution in [0.1, 0.15) is 13.8 Å². The summed E-state index contributed by atoms with van der Waals surface area (Å²) in [6, 6.07) is 12.3. The maximum absolute atomic E-state index is 12.5. The molecule has 0 amide bonds. The fraction of sp³-hybridized carbons (Fsp3) is 0.429. The van der Waals surface area contributed by atoms with Gasteiger partial charge in [-0.25, -0.2) is 8.37 Å². The zero-order valence-corrected chi connectivity index (χ0v) is 23.7. The SMILES string of the molecule is CO[C@H]1OC(COS(=O)(=O)Oc2ccc(Br)cc2)[C@@H](C)[C@H](C)C1OS(=O)(=O)Oc1ccc(Br)cc1. The summed E-state index contributed by atoms with van der Waals surface area (Å²) in [5.41, 5.74) is 0. The van der Waals surface area contributed by atoms with Crippen LogP contribution in [0.5, 0.6) is 11.5 Å². The molecule has 10 nitrogen and oxygen atoms in total. The predicted molar refractivity (Wildman–Crippen MR) is 132 cm³/mol. The summed E-state index contributed by atoms with van der Waals surface area (Å²) >= 11 is 6.51. The smallest absolute Gasteiger partial charge is 0.362 e. The topological polar surface area (TPSA) is 124 Å². The van der Waals surface area contributed by atoms with Gasteiger partial charge in [0, 0.05) is 16.1 Å². The monoisotopic (exact) mass is 658 g/mol. The van der Waals surface area contributed by atoms with Crippen molar-refractivity contribution >= 4 is 52.7 Å². The average Bonchev–Trinajstić information content (AvgIpc) is 2.79. The second-order valence-electron chi connectivity index (χ2n) is 7.73. The fourth-order valence-electron chi connectivity index (χ4n) is 3.32. The molecule has 194 valence electrons. The van der Waals surface area contributed by atoms with E-state index in [1.165, 1.54) is 31.4 Å². The molecular weight excluding hydrogens is 636 g/mol. The lowest BCUT2D eigenvalue weighted by molar-refractivity contribution is -0.258. The molecule has 2 aromatic rings. The zero-order chi connectivity index (χ0) is 25.8. The van der Waals surface area contributed by atoms with Crippen LogP contribution < -0.4 is 8.37 Å². The third-order valence-electron chi connectivity index (χ3n) is 5.37. The summed E-state index contributed by atoms with van der Waals surface area (Å²) in [5.74, 6) is -0.668. The minimum absolute atomic E-state index is 0.0712. The van der Waals surface area contributed by atoms with Crippen molar-refractivity contribution in [3.63, 3.8) is 0 Å². The summed E-state index contributed by atoms with van der Waals surface area (Å²) < 4.78 is 82.3. The van der Waals surface area contributed by atoms with Gasteiger partial charge in [0.1, 0.15) is 17.6 Å². The minimum atomic E-state index is -4.46. The highest BCUT2D eigenvalue weighted by molar-refractivity contribution is 9.10. The molecule has 1 aliphatic heterocycles. The molecular formula is C21H24Br2O10S2. The zero-order valence-electron chi connectivity index (χ0n) is 18.9. The lowest BCUT2D eigenvalue weighted by Gasteiger charge is -2.42. The van der Waals surface area contributed by atoms with Crippen LogP contribution >= 0.6 is 31.9 Å². The van der Waals surface area contributed by atoms with Gasteiger partial charge in [0.15, 0.2) is 6.29 Å². The van der Waals surface area contributed by atoms with Crippen molar-refractivity contribution in [3.05, 3.63) is 57.5 Å². The van der Waals surface area contributed by atoms with Gasteiger partial charge in [-0.3, -0.25) is 0 Å². The molecule has 0 aliphatic carbocycles. The van der Waals surface area contributed by atoms with E-state index in [1.807, 2.05) is 0 Å². The van der Waals surface area contributed by atoms with Gasteiger partial charge in [0.25, 0.3) is 0 Å². The van der Waals surface area contributed by atoms with E-state index in [9.17, 15) is 16.8 Å². The van der Waals surface area contributed by atoms with Crippen LogP contribution in [0.2, 0.25) is 0 Å². The molecule has 1 heterocycles. The number of methoxy groups -OCH3 is 1. The second-order valence-corrected chi connectivity index (χ2v) is 12.0. The van der Waals surface area contributed by atoms with Gasteiger partial charge in [-0.15, -0.1) is 0 Å². The lowest BCUT2D eigenvalue weighted by Crippen LogP contribution is -2.53. The molecule has 0 radical (unpaired) electrons. The summed E-state index contributed by atoms with van der Waals surface area (Å²) in [6.45, 7) is 3.11. The molecule has 0 aromatic heterocycles. The average molecular weight is 660 g/mol. The Labute approximate surface area is 221 Å². The molecule has 0 saturated carbocycles. The van der Waals surface area contributed by atoms with Crippen LogP contribution in [-0.2, 0) is 38.6 Å². The Bertz CT molecular complexity index is 1180. The standard InChI is InChI=1S/C21H24Br2O10S2/c1-13-14(2)20(33-35(26,27)32-18-10-6-16(23)7-11-18)21(28-3)30-19(13)12-29-34(24,25)31-17-8-4-15(22)5-9-17/h4-11,13-14,19-21H,12H2,1-3H3/t13-,14-,19?,20?,21-/m0/s1. The molecule has 0 spiro atoms. The summed E-state index contributed by atoms with van der Waals surface area (Å²) in [6.07, 6.45) is -2.94. The molecule has 0 N–H and O–H groups in total. The van der Waals surface area contributed by atoms with Crippen molar-refractivity contribution in [1.29, 1.82) is 0 Å². The molecule has 1 aliphatic rings. The van der Waals surface area contributed by atoms with Crippen molar-refractivity contribution in [2.75, 3.05) is 13.7 Å². The van der Waals surface area contributed by atoms with Gasteiger partial charge < -0.3 is 17.8 Å². The Morgan fingerprint density at radius 3 is 1.77 bits per heavy atom. The van der Waals surface area contributed by atoms with Crippen molar-refractivity contribution in [3.8, 4) is 11.5 Å². The maximum atomic E-state index is 12.5. The second kappa shape index (κ2) is 11.9. The molecule has 3 rings (SSSR count). The molecule has 5 atom stereocenters. The van der Waals surface area contributed by atoms with Crippen LogP contribution in [0.3, 0.4) is 0 Å². The fourth-order valence-corrected chi connectivity index (χ4v) is 5.47. The first-order valence-corrected chi connectivity index (χ1v) is 14.6. The van der Waals surface area contributed by atoms with E-state index in [1.54, 1.807) is 38.1 Å². The van der Waals surface area contributed by atoms with Crippen LogP contribution in [-0.4, -0.2) is 49.1 Å². The molecule has 0 bridgehead atoms. The van der Waals surface area contributed by atoms with E-state index < -0.39 is 45.2 Å². The van der Waals surface area contributed by atoms with Gasteiger partial charge in [-0.2, -0.15) is 16.8 Å². The Hall–Kier alpha value is -1.26. The third kappa shape index (κ3) is 8.12. The highest BCUT2D eigenvalue weighted by Crippen LogP contribution is 2.35. The normalized spacial score (nSPS) is 25.2. The number of rotatable bonds is 10. The Morgan fingerprint density at radius 2 is 1.29 bits per heavy atom. The summed E-state index contributed by atoms with van der Waals surface area (Å²) in [7, 11) is -7.52. The highest BCUT2D eigenvalue weighted by Gasteiger charge is 2.45. The molecule has 1 fully saturated rings. The number of halogens is 2. The maximum Gasteiger partial charge on any atom is 0.449 e. The van der Waals surface area contributed by atoms with Crippen LogP contribution in [0.4, 0.5) is 0 Å². The van der Waals surface area contributed by atoms with E-state index in [2.05, 4.69) is 31.9 Å². The van der Waals surface area contributed by atoms with E-state index >= 15 is 0 Å². The van der Waals surface area contributed by atoms with Crippen molar-refractivity contribution in [2.45, 2.75) is 32.3 Å². The minimum Gasteiger partial charge on any atom is -0.362 e. The van der Waals surface area contributed by atoms with E-state index in [4.69, 9.17) is 26.2 Å². The molecule has 2 unspecified atom stereocenters. The van der Waals surface area contributed by atoms with Gasteiger partial charge in [0.05, 0.1) is 12.7 Å². The van der Waals surface area contributed by atoms with E-state index in [0.717, 1.165) is 8.95 Å². The molecule has 1 saturated heterocycles.